The highest BCUT2D eigenvalue weighted by atomic mass is 16.2. The summed E-state index contributed by atoms with van der Waals surface area (Å²) in [7, 11) is 0. The summed E-state index contributed by atoms with van der Waals surface area (Å²) in [6, 6.07) is 14.8. The predicted octanol–water partition coefficient (Wildman–Crippen LogP) is 3.64. The van der Waals surface area contributed by atoms with Gasteiger partial charge in [0.1, 0.15) is 0 Å². The zero-order valence-electron chi connectivity index (χ0n) is 15.2. The maximum absolute atomic E-state index is 12.6. The minimum Gasteiger partial charge on any atom is -0.326 e. The van der Waals surface area contributed by atoms with E-state index in [2.05, 4.69) is 22.9 Å². The van der Waals surface area contributed by atoms with Crippen LogP contribution in [0.15, 0.2) is 48.5 Å². The molecule has 0 bridgehead atoms. The van der Waals surface area contributed by atoms with Crippen molar-refractivity contribution < 1.29 is 9.59 Å². The summed E-state index contributed by atoms with van der Waals surface area (Å²) in [6.45, 7) is 5.68. The number of amides is 2. The summed E-state index contributed by atoms with van der Waals surface area (Å²) in [5.41, 5.74) is 3.00. The van der Waals surface area contributed by atoms with Gasteiger partial charge in [0.25, 0.3) is 5.91 Å². The Hall–Kier alpha value is -2.66. The Balaban J connectivity index is 1.68. The lowest BCUT2D eigenvalue weighted by Crippen LogP contribution is -2.18. The van der Waals surface area contributed by atoms with Gasteiger partial charge in [-0.15, -0.1) is 0 Å². The second-order valence-corrected chi connectivity index (χ2v) is 6.78. The van der Waals surface area contributed by atoms with Gasteiger partial charge in [0.05, 0.1) is 0 Å². The van der Waals surface area contributed by atoms with Crippen molar-refractivity contribution in [3.05, 3.63) is 59.7 Å². The van der Waals surface area contributed by atoms with Gasteiger partial charge in [0, 0.05) is 29.4 Å². The Kier molecular flexibility index (Phi) is 5.68. The van der Waals surface area contributed by atoms with E-state index in [0.717, 1.165) is 24.2 Å². The first-order valence-corrected chi connectivity index (χ1v) is 9.09. The summed E-state index contributed by atoms with van der Waals surface area (Å²) in [5.74, 6) is 0.399. The molecule has 0 saturated heterocycles. The first-order chi connectivity index (χ1) is 12.6. The van der Waals surface area contributed by atoms with E-state index < -0.39 is 0 Å². The number of hydrogen-bond acceptors (Lipinski definition) is 3. The average molecular weight is 351 g/mol. The highest BCUT2D eigenvalue weighted by Gasteiger charge is 2.39. The monoisotopic (exact) mass is 351 g/mol. The second-order valence-electron chi connectivity index (χ2n) is 6.78. The molecule has 1 aliphatic carbocycles. The van der Waals surface area contributed by atoms with Crippen LogP contribution in [-0.2, 0) is 11.3 Å². The van der Waals surface area contributed by atoms with E-state index in [1.807, 2.05) is 31.2 Å². The van der Waals surface area contributed by atoms with Crippen molar-refractivity contribution in [1.82, 2.24) is 5.32 Å². The highest BCUT2D eigenvalue weighted by molar-refractivity contribution is 6.05. The van der Waals surface area contributed by atoms with E-state index >= 15 is 0 Å². The third-order valence-corrected chi connectivity index (χ3v) is 4.67. The van der Waals surface area contributed by atoms with Crippen LogP contribution in [0.5, 0.6) is 0 Å². The Labute approximate surface area is 154 Å². The molecule has 26 heavy (non-hydrogen) atoms. The zero-order valence-corrected chi connectivity index (χ0v) is 15.2. The molecule has 2 unspecified atom stereocenters. The first kappa shape index (κ1) is 18.1. The molecule has 3 N–H and O–H groups in total. The van der Waals surface area contributed by atoms with Crippen molar-refractivity contribution in [2.45, 2.75) is 26.8 Å². The van der Waals surface area contributed by atoms with Crippen LogP contribution < -0.4 is 16.0 Å². The van der Waals surface area contributed by atoms with Crippen LogP contribution in [0.4, 0.5) is 11.4 Å². The minimum atomic E-state index is -0.190. The van der Waals surface area contributed by atoms with E-state index in [4.69, 9.17) is 0 Å². The Morgan fingerprint density at radius 1 is 1.08 bits per heavy atom. The molecule has 0 radical (unpaired) electrons. The van der Waals surface area contributed by atoms with Crippen LogP contribution in [-0.4, -0.2) is 18.4 Å². The quantitative estimate of drug-likeness (QED) is 0.713. The second kappa shape index (κ2) is 8.15. The largest absolute Gasteiger partial charge is 0.326 e. The van der Waals surface area contributed by atoms with Crippen molar-refractivity contribution >= 4 is 23.2 Å². The molecule has 1 fully saturated rings. The molecule has 2 aromatic carbocycles. The van der Waals surface area contributed by atoms with E-state index in [1.165, 1.54) is 0 Å². The molecule has 2 amide bonds. The molecule has 0 aromatic heterocycles. The maximum Gasteiger partial charge on any atom is 0.255 e. The number of anilines is 2. The van der Waals surface area contributed by atoms with Crippen molar-refractivity contribution in [2.75, 3.05) is 17.2 Å². The lowest BCUT2D eigenvalue weighted by molar-refractivity contribution is -0.117. The standard InChI is InChI=1S/C21H25N3O2/c1-3-22-13-16-7-4-5-10-19(16)24-20(25)15-8-6-9-17(12-15)23-21(26)18-11-14(18)2/h4-10,12,14,18,22H,3,11,13H2,1-2H3,(H,23,26)(H,24,25). The normalized spacial score (nSPS) is 18.2. The molecule has 3 rings (SSSR count). The number of carbonyl (C=O) groups excluding carboxylic acids is 2. The van der Waals surface area contributed by atoms with E-state index in [9.17, 15) is 9.59 Å². The summed E-state index contributed by atoms with van der Waals surface area (Å²) in [5, 5.41) is 9.14. The molecule has 0 spiro atoms. The number of carbonyl (C=O) groups is 2. The number of para-hydroxylation sites is 1. The van der Waals surface area contributed by atoms with Gasteiger partial charge in [-0.25, -0.2) is 0 Å². The molecule has 1 saturated carbocycles. The van der Waals surface area contributed by atoms with Crippen LogP contribution >= 0.6 is 0 Å². The first-order valence-electron chi connectivity index (χ1n) is 9.09. The number of benzene rings is 2. The summed E-state index contributed by atoms with van der Waals surface area (Å²) < 4.78 is 0. The van der Waals surface area contributed by atoms with Gasteiger partial charge in [-0.1, -0.05) is 38.1 Å². The van der Waals surface area contributed by atoms with Crippen molar-refractivity contribution in [2.24, 2.45) is 11.8 Å². The van der Waals surface area contributed by atoms with Crippen molar-refractivity contribution in [1.29, 1.82) is 0 Å². The smallest absolute Gasteiger partial charge is 0.255 e. The average Bonchev–Trinajstić information content (AvgIpc) is 3.38. The van der Waals surface area contributed by atoms with Gasteiger partial charge in [-0.3, -0.25) is 9.59 Å². The van der Waals surface area contributed by atoms with E-state index in [1.54, 1.807) is 24.3 Å². The third kappa shape index (κ3) is 4.49. The number of hydrogen-bond donors (Lipinski definition) is 3. The lowest BCUT2D eigenvalue weighted by atomic mass is 10.1. The summed E-state index contributed by atoms with van der Waals surface area (Å²) >= 11 is 0. The van der Waals surface area contributed by atoms with Gasteiger partial charge >= 0.3 is 0 Å². The van der Waals surface area contributed by atoms with E-state index in [-0.39, 0.29) is 17.7 Å². The van der Waals surface area contributed by atoms with E-state index in [0.29, 0.717) is 23.7 Å². The van der Waals surface area contributed by atoms with Crippen LogP contribution in [0.2, 0.25) is 0 Å². The molecule has 1 aliphatic rings. The van der Waals surface area contributed by atoms with Crippen LogP contribution in [0, 0.1) is 11.8 Å². The number of rotatable bonds is 7. The molecule has 5 heteroatoms. The van der Waals surface area contributed by atoms with Gasteiger partial charge in [-0.05, 0) is 48.7 Å². The Morgan fingerprint density at radius 2 is 1.85 bits per heavy atom. The molecule has 0 aliphatic heterocycles. The maximum atomic E-state index is 12.6. The fraction of sp³-hybridized carbons (Fsp3) is 0.333. The zero-order chi connectivity index (χ0) is 18.5. The van der Waals surface area contributed by atoms with Crippen molar-refractivity contribution in [3.63, 3.8) is 0 Å². The molecular weight excluding hydrogens is 326 g/mol. The van der Waals surface area contributed by atoms with Crippen molar-refractivity contribution in [3.8, 4) is 0 Å². The Morgan fingerprint density at radius 3 is 2.58 bits per heavy atom. The third-order valence-electron chi connectivity index (χ3n) is 4.67. The fourth-order valence-corrected chi connectivity index (χ4v) is 2.91. The SMILES string of the molecule is CCNCc1ccccc1NC(=O)c1cccc(NC(=O)C2CC2C)c1. The molecule has 2 aromatic rings. The minimum absolute atomic E-state index is 0.0334. The molecule has 5 nitrogen and oxygen atoms in total. The molecule has 0 heterocycles. The topological polar surface area (TPSA) is 70.2 Å². The van der Waals surface area contributed by atoms with Crippen LogP contribution in [0.1, 0.15) is 36.2 Å². The molecule has 2 atom stereocenters. The lowest BCUT2D eigenvalue weighted by Gasteiger charge is -2.12. The Bertz CT molecular complexity index is 803. The molecule has 136 valence electrons. The number of nitrogens with one attached hydrogen (secondary N) is 3. The fourth-order valence-electron chi connectivity index (χ4n) is 2.91. The highest BCUT2D eigenvalue weighted by Crippen LogP contribution is 2.38. The van der Waals surface area contributed by atoms with Gasteiger partial charge in [-0.2, -0.15) is 0 Å². The summed E-state index contributed by atoms with van der Waals surface area (Å²) in [6.07, 6.45) is 0.939. The predicted molar refractivity (Wildman–Crippen MR) is 104 cm³/mol. The molecular formula is C21H25N3O2. The van der Waals surface area contributed by atoms with Gasteiger partial charge in [0.15, 0.2) is 0 Å². The van der Waals surface area contributed by atoms with Gasteiger partial charge in [0.2, 0.25) is 5.91 Å². The van der Waals surface area contributed by atoms with Crippen LogP contribution in [0.3, 0.4) is 0 Å². The van der Waals surface area contributed by atoms with Crippen LogP contribution in [0.25, 0.3) is 0 Å². The van der Waals surface area contributed by atoms with Gasteiger partial charge < -0.3 is 16.0 Å². The summed E-state index contributed by atoms with van der Waals surface area (Å²) in [4.78, 5) is 24.7.